The Hall–Kier alpha value is -0.940. The second-order valence-corrected chi connectivity index (χ2v) is 5.46. The highest BCUT2D eigenvalue weighted by atomic mass is 35.5. The maximum atomic E-state index is 9.97. The van der Waals surface area contributed by atoms with E-state index >= 15 is 0 Å². The summed E-state index contributed by atoms with van der Waals surface area (Å²) >= 11 is 7.43. The molecule has 2 aromatic rings. The lowest BCUT2D eigenvalue weighted by Gasteiger charge is -2.11. The Morgan fingerprint density at radius 1 is 1.39 bits per heavy atom. The molecule has 0 bridgehead atoms. The van der Waals surface area contributed by atoms with Crippen LogP contribution < -0.4 is 5.32 Å². The van der Waals surface area contributed by atoms with Crippen LogP contribution in [0.5, 0.6) is 0 Å². The molecule has 0 spiro atoms. The third-order valence-corrected chi connectivity index (χ3v) is 3.75. The second kappa shape index (κ2) is 6.29. The number of nitrogens with one attached hydrogen (secondary N) is 1. The van der Waals surface area contributed by atoms with Gasteiger partial charge in [-0.3, -0.25) is 0 Å². The SMILES string of the molecule is Cc1csc(CNCC(O)c2ccc(Cl)cc2)n1. The summed E-state index contributed by atoms with van der Waals surface area (Å²) in [5.74, 6) is 0. The number of aromatic nitrogens is 1. The summed E-state index contributed by atoms with van der Waals surface area (Å²) in [6, 6.07) is 7.24. The molecule has 2 N–H and O–H groups in total. The van der Waals surface area contributed by atoms with Crippen LogP contribution in [-0.4, -0.2) is 16.6 Å². The summed E-state index contributed by atoms with van der Waals surface area (Å²) in [5, 5.41) is 16.9. The van der Waals surface area contributed by atoms with E-state index in [0.29, 0.717) is 18.1 Å². The molecular weight excluding hydrogens is 268 g/mol. The summed E-state index contributed by atoms with van der Waals surface area (Å²) in [5.41, 5.74) is 1.90. The van der Waals surface area contributed by atoms with Crippen molar-refractivity contribution in [3.63, 3.8) is 0 Å². The van der Waals surface area contributed by atoms with Crippen LogP contribution in [0.2, 0.25) is 5.02 Å². The van der Waals surface area contributed by atoms with Crippen molar-refractivity contribution in [2.75, 3.05) is 6.54 Å². The van der Waals surface area contributed by atoms with Gasteiger partial charge in [0.25, 0.3) is 0 Å². The van der Waals surface area contributed by atoms with Gasteiger partial charge in [0.05, 0.1) is 6.10 Å². The molecule has 2 rings (SSSR count). The van der Waals surface area contributed by atoms with E-state index in [1.54, 1.807) is 23.5 Å². The minimum absolute atomic E-state index is 0.500. The highest BCUT2D eigenvalue weighted by Gasteiger charge is 2.07. The highest BCUT2D eigenvalue weighted by Crippen LogP contribution is 2.16. The lowest BCUT2D eigenvalue weighted by molar-refractivity contribution is 0.174. The summed E-state index contributed by atoms with van der Waals surface area (Å²) in [6.45, 7) is 3.16. The molecule has 1 aromatic heterocycles. The molecule has 0 radical (unpaired) electrons. The zero-order valence-electron chi connectivity index (χ0n) is 10.1. The van der Waals surface area contributed by atoms with Crippen molar-refractivity contribution in [3.05, 3.63) is 50.9 Å². The monoisotopic (exact) mass is 282 g/mol. The van der Waals surface area contributed by atoms with E-state index in [4.69, 9.17) is 11.6 Å². The zero-order valence-corrected chi connectivity index (χ0v) is 11.6. The van der Waals surface area contributed by atoms with Crippen molar-refractivity contribution in [2.45, 2.75) is 19.6 Å². The summed E-state index contributed by atoms with van der Waals surface area (Å²) in [6.07, 6.45) is -0.525. The number of halogens is 1. The molecule has 0 amide bonds. The lowest BCUT2D eigenvalue weighted by Crippen LogP contribution is -2.20. The minimum atomic E-state index is -0.525. The van der Waals surface area contributed by atoms with Crippen molar-refractivity contribution in [2.24, 2.45) is 0 Å². The van der Waals surface area contributed by atoms with E-state index < -0.39 is 6.10 Å². The number of hydrogen-bond acceptors (Lipinski definition) is 4. The van der Waals surface area contributed by atoms with Gasteiger partial charge < -0.3 is 10.4 Å². The number of thiazole rings is 1. The van der Waals surface area contributed by atoms with Gasteiger partial charge in [0.15, 0.2) is 0 Å². The maximum absolute atomic E-state index is 9.97. The first-order valence-corrected chi connectivity index (χ1v) is 6.96. The summed E-state index contributed by atoms with van der Waals surface area (Å²) < 4.78 is 0. The van der Waals surface area contributed by atoms with Crippen LogP contribution in [0.1, 0.15) is 22.4 Å². The predicted molar refractivity (Wildman–Crippen MR) is 75.0 cm³/mol. The number of aryl methyl sites for hydroxylation is 1. The fourth-order valence-electron chi connectivity index (χ4n) is 1.60. The molecule has 1 unspecified atom stereocenters. The van der Waals surface area contributed by atoms with E-state index in [2.05, 4.69) is 10.3 Å². The fraction of sp³-hybridized carbons (Fsp3) is 0.308. The molecule has 0 saturated heterocycles. The standard InChI is InChI=1S/C13H15ClN2OS/c1-9-8-18-13(16-9)7-15-6-12(17)10-2-4-11(14)5-3-10/h2-5,8,12,15,17H,6-7H2,1H3. The molecule has 5 heteroatoms. The minimum Gasteiger partial charge on any atom is -0.387 e. The van der Waals surface area contributed by atoms with Crippen LogP contribution in [0.15, 0.2) is 29.6 Å². The Balaban J connectivity index is 1.81. The van der Waals surface area contributed by atoms with Crippen molar-refractivity contribution < 1.29 is 5.11 Å². The normalized spacial score (nSPS) is 12.6. The second-order valence-electron chi connectivity index (χ2n) is 4.08. The molecule has 0 aliphatic carbocycles. The first kappa shape index (κ1) is 13.5. The number of nitrogens with zero attached hydrogens (tertiary/aromatic N) is 1. The molecule has 3 nitrogen and oxygen atoms in total. The third kappa shape index (κ3) is 3.78. The predicted octanol–water partition coefficient (Wildman–Crippen LogP) is 2.93. The van der Waals surface area contributed by atoms with E-state index in [9.17, 15) is 5.11 Å². The molecule has 18 heavy (non-hydrogen) atoms. The Bertz CT molecular complexity index is 498. The number of hydrogen-bond donors (Lipinski definition) is 2. The number of rotatable bonds is 5. The van der Waals surface area contributed by atoms with Crippen molar-refractivity contribution in [1.82, 2.24) is 10.3 Å². The van der Waals surface area contributed by atoms with Crippen LogP contribution in [0.3, 0.4) is 0 Å². The van der Waals surface area contributed by atoms with Gasteiger partial charge >= 0.3 is 0 Å². The Morgan fingerprint density at radius 3 is 2.72 bits per heavy atom. The van der Waals surface area contributed by atoms with Gasteiger partial charge in [-0.25, -0.2) is 4.98 Å². The van der Waals surface area contributed by atoms with Gasteiger partial charge in [0, 0.05) is 29.2 Å². The van der Waals surface area contributed by atoms with Gasteiger partial charge in [-0.1, -0.05) is 23.7 Å². The third-order valence-electron chi connectivity index (χ3n) is 2.54. The van der Waals surface area contributed by atoms with E-state index in [0.717, 1.165) is 16.3 Å². The van der Waals surface area contributed by atoms with Crippen LogP contribution in [0.4, 0.5) is 0 Å². The van der Waals surface area contributed by atoms with Crippen molar-refractivity contribution in [1.29, 1.82) is 0 Å². The Kier molecular flexibility index (Phi) is 4.72. The van der Waals surface area contributed by atoms with Gasteiger partial charge in [0.2, 0.25) is 0 Å². The molecular formula is C13H15ClN2OS. The van der Waals surface area contributed by atoms with Crippen molar-refractivity contribution >= 4 is 22.9 Å². The topological polar surface area (TPSA) is 45.1 Å². The van der Waals surface area contributed by atoms with Gasteiger partial charge in [-0.2, -0.15) is 0 Å². The summed E-state index contributed by atoms with van der Waals surface area (Å²) in [7, 11) is 0. The Labute approximate surface area is 115 Å². The van der Waals surface area contributed by atoms with Crippen molar-refractivity contribution in [3.8, 4) is 0 Å². The zero-order chi connectivity index (χ0) is 13.0. The molecule has 1 heterocycles. The van der Waals surface area contributed by atoms with E-state index in [1.165, 1.54) is 0 Å². The van der Waals surface area contributed by atoms with Gasteiger partial charge in [-0.15, -0.1) is 11.3 Å². The molecule has 1 aromatic carbocycles. The average molecular weight is 283 g/mol. The largest absolute Gasteiger partial charge is 0.387 e. The number of aliphatic hydroxyl groups is 1. The van der Waals surface area contributed by atoms with Gasteiger partial charge in [0.1, 0.15) is 5.01 Å². The maximum Gasteiger partial charge on any atom is 0.107 e. The van der Waals surface area contributed by atoms with E-state index in [1.807, 2.05) is 24.4 Å². The molecule has 96 valence electrons. The number of aliphatic hydroxyl groups excluding tert-OH is 1. The van der Waals surface area contributed by atoms with Crippen LogP contribution in [0.25, 0.3) is 0 Å². The number of benzene rings is 1. The first-order chi connectivity index (χ1) is 8.65. The van der Waals surface area contributed by atoms with Gasteiger partial charge in [-0.05, 0) is 24.6 Å². The average Bonchev–Trinajstić information content (AvgIpc) is 2.76. The molecule has 0 aliphatic heterocycles. The fourth-order valence-corrected chi connectivity index (χ4v) is 2.47. The Morgan fingerprint density at radius 2 is 2.11 bits per heavy atom. The molecule has 1 atom stereocenters. The van der Waals surface area contributed by atoms with Crippen LogP contribution in [-0.2, 0) is 6.54 Å². The highest BCUT2D eigenvalue weighted by molar-refractivity contribution is 7.09. The van der Waals surface area contributed by atoms with E-state index in [-0.39, 0.29) is 0 Å². The lowest BCUT2D eigenvalue weighted by atomic mass is 10.1. The quantitative estimate of drug-likeness (QED) is 0.886. The first-order valence-electron chi connectivity index (χ1n) is 5.70. The molecule has 0 fully saturated rings. The molecule has 0 saturated carbocycles. The van der Waals surface area contributed by atoms with Crippen LogP contribution >= 0.6 is 22.9 Å². The summed E-state index contributed by atoms with van der Waals surface area (Å²) in [4.78, 5) is 4.35. The van der Waals surface area contributed by atoms with Crippen LogP contribution in [0, 0.1) is 6.92 Å². The smallest absolute Gasteiger partial charge is 0.107 e. The molecule has 0 aliphatic rings.